The van der Waals surface area contributed by atoms with Crippen molar-refractivity contribution in [1.82, 2.24) is 0 Å². The van der Waals surface area contributed by atoms with Gasteiger partial charge in [0.15, 0.2) is 17.3 Å². The molecule has 0 amide bonds. The zero-order chi connectivity index (χ0) is 17.5. The second-order valence-electron chi connectivity index (χ2n) is 6.05. The summed E-state index contributed by atoms with van der Waals surface area (Å²) in [5, 5.41) is 30.7. The molecule has 0 aliphatic rings. The number of unbranched alkanes of at least 4 members (excludes halogenated alkanes) is 5. The number of carbonyl (C=O) groups is 1. The van der Waals surface area contributed by atoms with Gasteiger partial charge in [-0.3, -0.25) is 4.79 Å². The topological polar surface area (TPSA) is 81.3 Å². The number of carbonyl (C=O) groups excluding carboxylic acids is 1. The van der Waals surface area contributed by atoms with Gasteiger partial charge in [0.05, 0.1) is 11.1 Å². The molecule has 4 nitrogen and oxygen atoms in total. The molecule has 0 aliphatic carbocycles. The van der Waals surface area contributed by atoms with Crippen molar-refractivity contribution in [2.75, 3.05) is 0 Å². The summed E-state index contributed by atoms with van der Waals surface area (Å²) in [5.74, 6) is -1.11. The highest BCUT2D eigenvalue weighted by atomic mass is 16.3. The molecule has 2 aromatic rings. The van der Waals surface area contributed by atoms with Gasteiger partial charge < -0.3 is 10.2 Å². The van der Waals surface area contributed by atoms with Gasteiger partial charge in [-0.05, 0) is 6.42 Å². The van der Waals surface area contributed by atoms with Crippen molar-refractivity contribution in [2.45, 2.75) is 51.9 Å². The van der Waals surface area contributed by atoms with Gasteiger partial charge in [-0.1, -0.05) is 63.3 Å². The summed E-state index contributed by atoms with van der Waals surface area (Å²) in [4.78, 5) is 12.5. The Morgan fingerprint density at radius 3 is 2.29 bits per heavy atom. The number of ketones is 1. The number of fused-ring (bicyclic) bond motifs is 1. The van der Waals surface area contributed by atoms with Gasteiger partial charge in [0.2, 0.25) is 0 Å². The van der Waals surface area contributed by atoms with Gasteiger partial charge in [0, 0.05) is 17.2 Å². The van der Waals surface area contributed by atoms with Crippen LogP contribution in [0, 0.1) is 11.3 Å². The molecular formula is C20H23NO3. The molecule has 2 N–H and O–H groups in total. The van der Waals surface area contributed by atoms with Crippen LogP contribution in [0.1, 0.15) is 67.8 Å². The second kappa shape index (κ2) is 8.35. The fourth-order valence-corrected chi connectivity index (χ4v) is 2.99. The minimum absolute atomic E-state index is 0.0535. The number of benzene rings is 2. The number of hydrogen-bond acceptors (Lipinski definition) is 4. The first kappa shape index (κ1) is 17.8. The molecule has 2 aromatic carbocycles. The predicted molar refractivity (Wildman–Crippen MR) is 94.3 cm³/mol. The Morgan fingerprint density at radius 2 is 1.62 bits per heavy atom. The molecule has 0 saturated carbocycles. The van der Waals surface area contributed by atoms with E-state index < -0.39 is 5.75 Å². The van der Waals surface area contributed by atoms with Crippen molar-refractivity contribution in [2.24, 2.45) is 0 Å². The van der Waals surface area contributed by atoms with E-state index in [4.69, 9.17) is 0 Å². The van der Waals surface area contributed by atoms with Crippen LogP contribution in [0.4, 0.5) is 0 Å². The predicted octanol–water partition coefficient (Wildman–Crippen LogP) is 5.06. The van der Waals surface area contributed by atoms with E-state index >= 15 is 0 Å². The van der Waals surface area contributed by atoms with Gasteiger partial charge in [-0.15, -0.1) is 0 Å². The van der Waals surface area contributed by atoms with E-state index in [0.29, 0.717) is 10.8 Å². The molecule has 0 spiro atoms. The van der Waals surface area contributed by atoms with E-state index in [0.717, 1.165) is 25.7 Å². The van der Waals surface area contributed by atoms with E-state index in [9.17, 15) is 20.3 Å². The normalized spacial score (nSPS) is 10.7. The lowest BCUT2D eigenvalue weighted by atomic mass is 9.93. The smallest absolute Gasteiger partial charge is 0.170 e. The van der Waals surface area contributed by atoms with Crippen molar-refractivity contribution >= 4 is 16.6 Å². The van der Waals surface area contributed by atoms with Crippen LogP contribution in [0.2, 0.25) is 0 Å². The molecule has 0 aliphatic heterocycles. The molecule has 0 atom stereocenters. The van der Waals surface area contributed by atoms with Crippen molar-refractivity contribution in [3.63, 3.8) is 0 Å². The standard InChI is InChI=1S/C20H23NO3/c1-2-3-4-5-6-7-12-17(22)18-16(13-21)14-10-8-9-11-15(14)19(23)20(18)24/h8-11,23-24H,2-7,12H2,1H3. The number of phenolic OH excluding ortho intramolecular Hbond substituents is 2. The van der Waals surface area contributed by atoms with E-state index in [1.54, 1.807) is 24.3 Å². The first-order valence-corrected chi connectivity index (χ1v) is 8.51. The minimum atomic E-state index is -0.485. The summed E-state index contributed by atoms with van der Waals surface area (Å²) in [6.45, 7) is 2.15. The van der Waals surface area contributed by atoms with E-state index in [-0.39, 0.29) is 29.1 Å². The Balaban J connectivity index is 2.23. The fourth-order valence-electron chi connectivity index (χ4n) is 2.99. The van der Waals surface area contributed by atoms with E-state index in [1.165, 1.54) is 12.8 Å². The monoisotopic (exact) mass is 325 g/mol. The first-order chi connectivity index (χ1) is 11.6. The number of nitrogens with zero attached hydrogens (tertiary/aromatic N) is 1. The van der Waals surface area contributed by atoms with E-state index in [1.807, 2.05) is 6.07 Å². The zero-order valence-electron chi connectivity index (χ0n) is 14.0. The largest absolute Gasteiger partial charge is 0.504 e. The fraction of sp³-hybridized carbons (Fsp3) is 0.400. The van der Waals surface area contributed by atoms with Gasteiger partial charge in [-0.25, -0.2) is 0 Å². The van der Waals surface area contributed by atoms with Crippen LogP contribution in [-0.4, -0.2) is 16.0 Å². The highest BCUT2D eigenvalue weighted by Gasteiger charge is 2.23. The molecule has 4 heteroatoms. The summed E-state index contributed by atoms with van der Waals surface area (Å²) in [6.07, 6.45) is 6.57. The van der Waals surface area contributed by atoms with Crippen LogP contribution in [0.15, 0.2) is 24.3 Å². The Kier molecular flexibility index (Phi) is 6.20. The second-order valence-corrected chi connectivity index (χ2v) is 6.05. The third kappa shape index (κ3) is 3.68. The molecule has 0 unspecified atom stereocenters. The van der Waals surface area contributed by atoms with Crippen molar-refractivity contribution < 1.29 is 15.0 Å². The maximum absolute atomic E-state index is 12.5. The van der Waals surface area contributed by atoms with Gasteiger partial charge in [0.1, 0.15) is 6.07 Å². The molecular weight excluding hydrogens is 302 g/mol. The lowest BCUT2D eigenvalue weighted by molar-refractivity contribution is 0.0975. The van der Waals surface area contributed by atoms with Crippen molar-refractivity contribution in [3.8, 4) is 17.6 Å². The Labute approximate surface area is 142 Å². The summed E-state index contributed by atoms with van der Waals surface area (Å²) < 4.78 is 0. The zero-order valence-corrected chi connectivity index (χ0v) is 14.0. The number of Topliss-reactive ketones (excluding diaryl/α,β-unsaturated/α-hetero) is 1. The number of hydrogen-bond donors (Lipinski definition) is 2. The lowest BCUT2D eigenvalue weighted by Gasteiger charge is -2.12. The molecule has 0 fully saturated rings. The van der Waals surface area contributed by atoms with Crippen LogP contribution in [0.3, 0.4) is 0 Å². The average Bonchev–Trinajstić information content (AvgIpc) is 2.60. The minimum Gasteiger partial charge on any atom is -0.504 e. The molecule has 0 saturated heterocycles. The summed E-state index contributed by atoms with van der Waals surface area (Å²) in [5.41, 5.74) is 0.0825. The molecule has 24 heavy (non-hydrogen) atoms. The summed E-state index contributed by atoms with van der Waals surface area (Å²) >= 11 is 0. The SMILES string of the molecule is CCCCCCCCC(=O)c1c(O)c(O)c2ccccc2c1C#N. The summed E-state index contributed by atoms with van der Waals surface area (Å²) in [6, 6.07) is 8.75. The maximum Gasteiger partial charge on any atom is 0.170 e. The Bertz CT molecular complexity index is 775. The molecule has 0 bridgehead atoms. The van der Waals surface area contributed by atoms with Crippen LogP contribution in [-0.2, 0) is 0 Å². The molecule has 126 valence electrons. The average molecular weight is 325 g/mol. The third-order valence-electron chi connectivity index (χ3n) is 4.31. The summed E-state index contributed by atoms with van der Waals surface area (Å²) in [7, 11) is 0. The van der Waals surface area contributed by atoms with Crippen LogP contribution >= 0.6 is 0 Å². The van der Waals surface area contributed by atoms with E-state index in [2.05, 4.69) is 6.92 Å². The van der Waals surface area contributed by atoms with Gasteiger partial charge in [0.25, 0.3) is 0 Å². The Morgan fingerprint density at radius 1 is 1.00 bits per heavy atom. The highest BCUT2D eigenvalue weighted by molar-refractivity contribution is 6.09. The number of rotatable bonds is 8. The molecule has 2 rings (SSSR count). The van der Waals surface area contributed by atoms with Crippen molar-refractivity contribution in [3.05, 3.63) is 35.4 Å². The van der Waals surface area contributed by atoms with Crippen molar-refractivity contribution in [1.29, 1.82) is 5.26 Å². The number of aromatic hydroxyl groups is 2. The Hall–Kier alpha value is -2.54. The van der Waals surface area contributed by atoms with Gasteiger partial charge >= 0.3 is 0 Å². The number of nitriles is 1. The highest BCUT2D eigenvalue weighted by Crippen LogP contribution is 2.40. The third-order valence-corrected chi connectivity index (χ3v) is 4.31. The molecule has 0 heterocycles. The lowest BCUT2D eigenvalue weighted by Crippen LogP contribution is -2.04. The number of phenols is 2. The maximum atomic E-state index is 12.5. The van der Waals surface area contributed by atoms with Crippen LogP contribution < -0.4 is 0 Å². The quantitative estimate of drug-likeness (QED) is 0.404. The van der Waals surface area contributed by atoms with Crippen LogP contribution in [0.25, 0.3) is 10.8 Å². The first-order valence-electron chi connectivity index (χ1n) is 8.51. The molecule has 0 radical (unpaired) electrons. The van der Waals surface area contributed by atoms with Crippen LogP contribution in [0.5, 0.6) is 11.5 Å². The molecule has 0 aromatic heterocycles. The van der Waals surface area contributed by atoms with Gasteiger partial charge in [-0.2, -0.15) is 5.26 Å².